The summed E-state index contributed by atoms with van der Waals surface area (Å²) in [6.07, 6.45) is 5.21. The lowest BCUT2D eigenvalue weighted by Crippen LogP contribution is -1.98. The van der Waals surface area contributed by atoms with Crippen LogP contribution in [0.25, 0.3) is 6.08 Å². The van der Waals surface area contributed by atoms with Crippen molar-refractivity contribution in [3.05, 3.63) is 44.3 Å². The Bertz CT molecular complexity index is 598. The van der Waals surface area contributed by atoms with Crippen molar-refractivity contribution in [2.24, 2.45) is 0 Å². The van der Waals surface area contributed by atoms with Crippen molar-refractivity contribution in [1.29, 1.82) is 0 Å². The molecule has 3 nitrogen and oxygen atoms in total. The van der Waals surface area contributed by atoms with E-state index in [1.54, 1.807) is 12.3 Å². The molecule has 0 saturated carbocycles. The van der Waals surface area contributed by atoms with E-state index in [2.05, 4.69) is 21.0 Å². The van der Waals surface area contributed by atoms with Crippen molar-refractivity contribution >= 4 is 39.1 Å². The number of ketones is 1. The normalized spacial score (nSPS) is 11.3. The summed E-state index contributed by atoms with van der Waals surface area (Å²) in [4.78, 5) is 12.6. The van der Waals surface area contributed by atoms with E-state index in [4.69, 9.17) is 0 Å². The molecule has 2 heterocycles. The number of thiophene rings is 1. The summed E-state index contributed by atoms with van der Waals surface area (Å²) < 4.78 is 2.85. The van der Waals surface area contributed by atoms with E-state index >= 15 is 0 Å². The van der Waals surface area contributed by atoms with E-state index in [9.17, 15) is 4.79 Å². The van der Waals surface area contributed by atoms with Crippen LogP contribution >= 0.6 is 27.3 Å². The van der Waals surface area contributed by atoms with Crippen LogP contribution in [0.15, 0.2) is 28.2 Å². The van der Waals surface area contributed by atoms with Crippen molar-refractivity contribution < 1.29 is 4.79 Å². The summed E-state index contributed by atoms with van der Waals surface area (Å²) >= 11 is 4.78. The second-order valence-corrected chi connectivity index (χ2v) is 5.65. The summed E-state index contributed by atoms with van der Waals surface area (Å²) in [5, 5.41) is 6.14. The van der Waals surface area contributed by atoms with Gasteiger partial charge in [-0.15, -0.1) is 11.3 Å². The molecule has 0 saturated heterocycles. The number of halogens is 1. The first-order chi connectivity index (χ1) is 8.61. The molecule has 2 aromatic heterocycles. The minimum Gasteiger partial charge on any atom is -0.288 e. The zero-order valence-electron chi connectivity index (χ0n) is 10.2. The van der Waals surface area contributed by atoms with Gasteiger partial charge in [0.1, 0.15) is 0 Å². The number of aryl methyl sites for hydroxylation is 1. The van der Waals surface area contributed by atoms with E-state index in [1.165, 1.54) is 11.3 Å². The second-order valence-electron chi connectivity index (χ2n) is 3.83. The largest absolute Gasteiger partial charge is 0.288 e. The molecule has 0 unspecified atom stereocenters. The first-order valence-electron chi connectivity index (χ1n) is 5.60. The maximum Gasteiger partial charge on any atom is 0.195 e. The van der Waals surface area contributed by atoms with Gasteiger partial charge in [-0.3, -0.25) is 9.48 Å². The molecule has 2 aromatic rings. The van der Waals surface area contributed by atoms with E-state index in [-0.39, 0.29) is 5.78 Å². The Balaban J connectivity index is 2.15. The van der Waals surface area contributed by atoms with E-state index in [0.717, 1.165) is 27.2 Å². The topological polar surface area (TPSA) is 34.9 Å². The van der Waals surface area contributed by atoms with Gasteiger partial charge < -0.3 is 0 Å². The summed E-state index contributed by atoms with van der Waals surface area (Å²) in [6, 6.07) is 1.83. The number of nitrogens with zero attached hydrogens (tertiary/aromatic N) is 2. The number of rotatable bonds is 4. The zero-order chi connectivity index (χ0) is 13.1. The van der Waals surface area contributed by atoms with Crippen molar-refractivity contribution in [1.82, 2.24) is 9.78 Å². The summed E-state index contributed by atoms with van der Waals surface area (Å²) in [5.74, 6) is 0.0225. The molecule has 0 amide bonds. The van der Waals surface area contributed by atoms with Gasteiger partial charge in [0.15, 0.2) is 5.78 Å². The molecule has 0 aliphatic carbocycles. The molecule has 0 N–H and O–H groups in total. The van der Waals surface area contributed by atoms with Crippen molar-refractivity contribution in [2.45, 2.75) is 20.4 Å². The number of carbonyl (C=O) groups is 1. The lowest BCUT2D eigenvalue weighted by Gasteiger charge is -1.98. The average molecular weight is 325 g/mol. The SMILES string of the molecule is CCn1ncc(/C=C/C(=O)c2cc(Br)cs2)c1C. The smallest absolute Gasteiger partial charge is 0.195 e. The number of carbonyl (C=O) groups excluding carboxylic acids is 1. The molecule has 5 heteroatoms. The summed E-state index contributed by atoms with van der Waals surface area (Å²) in [5.41, 5.74) is 2.06. The third-order valence-electron chi connectivity index (χ3n) is 2.67. The minimum absolute atomic E-state index is 0.0225. The van der Waals surface area contributed by atoms with Gasteiger partial charge in [-0.1, -0.05) is 0 Å². The number of aromatic nitrogens is 2. The number of hydrogen-bond donors (Lipinski definition) is 0. The van der Waals surface area contributed by atoms with E-state index in [0.29, 0.717) is 0 Å². The Morgan fingerprint density at radius 2 is 2.39 bits per heavy atom. The van der Waals surface area contributed by atoms with Gasteiger partial charge in [-0.05, 0) is 48.0 Å². The van der Waals surface area contributed by atoms with Gasteiger partial charge in [0.05, 0.1) is 11.1 Å². The van der Waals surface area contributed by atoms with Crippen LogP contribution in [0.5, 0.6) is 0 Å². The van der Waals surface area contributed by atoms with E-state index in [1.807, 2.05) is 36.1 Å². The zero-order valence-corrected chi connectivity index (χ0v) is 12.6. The molecule has 2 rings (SSSR count). The average Bonchev–Trinajstić information content (AvgIpc) is 2.93. The van der Waals surface area contributed by atoms with Crippen LogP contribution in [0, 0.1) is 6.92 Å². The maximum atomic E-state index is 11.9. The van der Waals surface area contributed by atoms with Gasteiger partial charge in [-0.2, -0.15) is 5.10 Å². The number of hydrogen-bond acceptors (Lipinski definition) is 3. The highest BCUT2D eigenvalue weighted by Crippen LogP contribution is 2.21. The Labute approximate surface area is 118 Å². The van der Waals surface area contributed by atoms with Gasteiger partial charge in [0.25, 0.3) is 0 Å². The summed E-state index contributed by atoms with van der Waals surface area (Å²) in [7, 11) is 0. The summed E-state index contributed by atoms with van der Waals surface area (Å²) in [6.45, 7) is 4.88. The lowest BCUT2D eigenvalue weighted by molar-refractivity contribution is 0.105. The number of allylic oxidation sites excluding steroid dienone is 1. The monoisotopic (exact) mass is 324 g/mol. The molecular weight excluding hydrogens is 312 g/mol. The fourth-order valence-electron chi connectivity index (χ4n) is 1.63. The van der Waals surface area contributed by atoms with Crippen molar-refractivity contribution in [2.75, 3.05) is 0 Å². The third kappa shape index (κ3) is 2.79. The van der Waals surface area contributed by atoms with E-state index < -0.39 is 0 Å². The molecular formula is C13H13BrN2OS. The van der Waals surface area contributed by atoms with Crippen molar-refractivity contribution in [3.63, 3.8) is 0 Å². The van der Waals surface area contributed by atoms with Gasteiger partial charge in [-0.25, -0.2) is 0 Å². The van der Waals surface area contributed by atoms with Crippen LogP contribution < -0.4 is 0 Å². The fraction of sp³-hybridized carbons (Fsp3) is 0.231. The van der Waals surface area contributed by atoms with Crippen LogP contribution in [-0.2, 0) is 6.54 Å². The maximum absolute atomic E-state index is 11.9. The van der Waals surface area contributed by atoms with Gasteiger partial charge >= 0.3 is 0 Å². The highest BCUT2D eigenvalue weighted by atomic mass is 79.9. The predicted octanol–water partition coefficient (Wildman–Crippen LogP) is 3.93. The highest BCUT2D eigenvalue weighted by molar-refractivity contribution is 9.10. The molecule has 94 valence electrons. The molecule has 0 aliphatic heterocycles. The quantitative estimate of drug-likeness (QED) is 0.630. The van der Waals surface area contributed by atoms with Crippen LogP contribution in [0.1, 0.15) is 27.9 Å². The molecule has 0 aliphatic rings. The predicted molar refractivity (Wildman–Crippen MR) is 78.0 cm³/mol. The van der Waals surface area contributed by atoms with Crippen LogP contribution in [0.3, 0.4) is 0 Å². The van der Waals surface area contributed by atoms with Gasteiger partial charge in [0.2, 0.25) is 0 Å². The molecule has 0 fully saturated rings. The van der Waals surface area contributed by atoms with Crippen molar-refractivity contribution in [3.8, 4) is 0 Å². The van der Waals surface area contributed by atoms with Crippen LogP contribution in [0.4, 0.5) is 0 Å². The van der Waals surface area contributed by atoms with Gasteiger partial charge in [0, 0.05) is 27.7 Å². The lowest BCUT2D eigenvalue weighted by atomic mass is 10.2. The minimum atomic E-state index is 0.0225. The first-order valence-corrected chi connectivity index (χ1v) is 7.28. The molecule has 0 aromatic carbocycles. The Morgan fingerprint density at radius 3 is 2.94 bits per heavy atom. The third-order valence-corrected chi connectivity index (χ3v) is 4.37. The highest BCUT2D eigenvalue weighted by Gasteiger charge is 2.06. The molecule has 0 bridgehead atoms. The standard InChI is InChI=1S/C13H13BrN2OS/c1-3-16-9(2)10(7-15-16)4-5-12(17)13-6-11(14)8-18-13/h4-8H,3H2,1-2H3/b5-4+. The van der Waals surface area contributed by atoms with Crippen LogP contribution in [-0.4, -0.2) is 15.6 Å². The Kier molecular flexibility index (Phi) is 4.14. The molecule has 18 heavy (non-hydrogen) atoms. The molecule has 0 atom stereocenters. The second kappa shape index (κ2) is 5.63. The first kappa shape index (κ1) is 13.2. The Morgan fingerprint density at radius 1 is 1.61 bits per heavy atom. The molecule has 0 spiro atoms. The van der Waals surface area contributed by atoms with Crippen LogP contribution in [0.2, 0.25) is 0 Å². The Hall–Kier alpha value is -1.20. The molecule has 0 radical (unpaired) electrons. The fourth-order valence-corrected chi connectivity index (χ4v) is 2.98.